The highest BCUT2D eigenvalue weighted by molar-refractivity contribution is 7.95. The van der Waals surface area contributed by atoms with E-state index in [0.717, 1.165) is 37.6 Å². The molecule has 148 valence electrons. The van der Waals surface area contributed by atoms with Crippen LogP contribution in [0.3, 0.4) is 0 Å². The second kappa shape index (κ2) is 9.66. The minimum atomic E-state index is -0.884. The van der Waals surface area contributed by atoms with Crippen molar-refractivity contribution < 1.29 is 18.4 Å². The predicted octanol–water partition coefficient (Wildman–Crippen LogP) is 3.77. The molecule has 2 unspecified atom stereocenters. The molecule has 5 nitrogen and oxygen atoms in total. The topological polar surface area (TPSA) is 61.4 Å². The van der Waals surface area contributed by atoms with Crippen LogP contribution < -0.4 is 10.0 Å². The monoisotopic (exact) mass is 405 g/mol. The molecule has 2 amide bonds. The Kier molecular flexibility index (Phi) is 7.00. The van der Waals surface area contributed by atoms with Crippen molar-refractivity contribution in [2.24, 2.45) is 0 Å². The Morgan fingerprint density at radius 2 is 1.93 bits per heavy atom. The van der Waals surface area contributed by atoms with Gasteiger partial charge in [0, 0.05) is 30.8 Å². The molecule has 1 aliphatic heterocycles. The molecule has 0 aliphatic carbocycles. The molecule has 1 fully saturated rings. The maximum Gasteiger partial charge on any atom is 0.326 e. The van der Waals surface area contributed by atoms with Crippen molar-refractivity contribution >= 4 is 24.5 Å². The summed E-state index contributed by atoms with van der Waals surface area (Å²) in [6.07, 6.45) is 2.59. The smallest absolute Gasteiger partial charge is 0.326 e. The van der Waals surface area contributed by atoms with Crippen molar-refractivity contribution in [1.82, 2.24) is 14.3 Å². The molecule has 1 heterocycles. The van der Waals surface area contributed by atoms with Gasteiger partial charge in [0.1, 0.15) is 17.9 Å². The van der Waals surface area contributed by atoms with Crippen LogP contribution in [0, 0.1) is 11.6 Å². The summed E-state index contributed by atoms with van der Waals surface area (Å²) in [6.45, 7) is 0.837. The molecule has 3 rings (SSSR count). The zero-order chi connectivity index (χ0) is 19.9. The van der Waals surface area contributed by atoms with Gasteiger partial charge in [-0.2, -0.15) is 0 Å². The zero-order valence-corrected chi connectivity index (χ0v) is 15.9. The first-order chi connectivity index (χ1) is 13.5. The van der Waals surface area contributed by atoms with Gasteiger partial charge in [-0.15, -0.1) is 0 Å². The second-order valence-corrected chi connectivity index (χ2v) is 7.46. The van der Waals surface area contributed by atoms with E-state index >= 15 is 0 Å². The molecule has 0 aromatic heterocycles. The highest BCUT2D eigenvalue weighted by Crippen LogP contribution is 2.35. The van der Waals surface area contributed by atoms with E-state index in [9.17, 15) is 18.4 Å². The van der Waals surface area contributed by atoms with E-state index < -0.39 is 23.7 Å². The third-order valence-electron chi connectivity index (χ3n) is 4.50. The van der Waals surface area contributed by atoms with Crippen LogP contribution >= 0.6 is 12.1 Å². The molecule has 2 atom stereocenters. The third kappa shape index (κ3) is 5.53. The summed E-state index contributed by atoms with van der Waals surface area (Å²) in [5.74, 6) is -1.44. The molecule has 8 heteroatoms. The number of nitrogens with zero attached hydrogens (tertiary/aromatic N) is 1. The van der Waals surface area contributed by atoms with Gasteiger partial charge in [0.15, 0.2) is 0 Å². The van der Waals surface area contributed by atoms with Crippen molar-refractivity contribution in [1.29, 1.82) is 0 Å². The van der Waals surface area contributed by atoms with Crippen LogP contribution in [-0.4, -0.2) is 29.2 Å². The summed E-state index contributed by atoms with van der Waals surface area (Å²) in [7, 11) is 0. The standard InChI is InChI=1S/C20H21F2N3O2S/c21-16-9-14(10-17(22)12-16)11-18(13-26)23-20(27)24-28-25-8-4-7-19(25)15-5-2-1-3-6-15/h1-3,5-6,9-10,12-13,18-19H,4,7-8,11H2,(H2,23,24,27). The molecule has 0 saturated carbocycles. The highest BCUT2D eigenvalue weighted by Gasteiger charge is 2.27. The third-order valence-corrected chi connectivity index (χ3v) is 5.45. The van der Waals surface area contributed by atoms with Crippen molar-refractivity contribution in [3.8, 4) is 0 Å². The molecule has 1 aliphatic rings. The summed E-state index contributed by atoms with van der Waals surface area (Å²) in [4.78, 5) is 23.4. The molecular formula is C20H21F2N3O2S. The molecule has 0 bridgehead atoms. The maximum atomic E-state index is 13.3. The first kappa shape index (κ1) is 20.3. The quantitative estimate of drug-likeness (QED) is 0.544. The second-order valence-electron chi connectivity index (χ2n) is 6.60. The Labute approximate surface area is 166 Å². The first-order valence-corrected chi connectivity index (χ1v) is 9.78. The van der Waals surface area contributed by atoms with Crippen molar-refractivity contribution in [3.05, 3.63) is 71.3 Å². The van der Waals surface area contributed by atoms with E-state index in [1.165, 1.54) is 17.7 Å². The largest absolute Gasteiger partial charge is 0.328 e. The van der Waals surface area contributed by atoms with Crippen LogP contribution in [0.25, 0.3) is 0 Å². The number of halogens is 2. The number of rotatable bonds is 7. The number of benzene rings is 2. The first-order valence-electron chi connectivity index (χ1n) is 9.00. The molecular weight excluding hydrogens is 384 g/mol. The molecule has 2 N–H and O–H groups in total. The van der Waals surface area contributed by atoms with Gasteiger partial charge in [-0.1, -0.05) is 30.3 Å². The molecule has 2 aromatic rings. The Morgan fingerprint density at radius 3 is 2.61 bits per heavy atom. The molecule has 28 heavy (non-hydrogen) atoms. The van der Waals surface area contributed by atoms with Crippen molar-refractivity contribution in [2.75, 3.05) is 6.54 Å². The fraction of sp³-hybridized carbons (Fsp3) is 0.300. The van der Waals surface area contributed by atoms with Gasteiger partial charge in [-0.05, 0) is 42.5 Å². The minimum Gasteiger partial charge on any atom is -0.328 e. The minimum absolute atomic E-state index is 0.00657. The summed E-state index contributed by atoms with van der Waals surface area (Å²) in [5.41, 5.74) is 1.49. The number of hydrogen-bond donors (Lipinski definition) is 2. The lowest BCUT2D eigenvalue weighted by atomic mass is 10.1. The Balaban J connectivity index is 1.52. The van der Waals surface area contributed by atoms with E-state index in [1.807, 2.05) is 18.2 Å². The van der Waals surface area contributed by atoms with Gasteiger partial charge in [0.2, 0.25) is 0 Å². The van der Waals surface area contributed by atoms with Crippen LogP contribution in [0.2, 0.25) is 0 Å². The number of carbonyl (C=O) groups is 2. The van der Waals surface area contributed by atoms with E-state index in [-0.39, 0.29) is 12.5 Å². The molecule has 0 spiro atoms. The zero-order valence-electron chi connectivity index (χ0n) is 15.1. The highest BCUT2D eigenvalue weighted by atomic mass is 32.2. The van der Waals surface area contributed by atoms with Gasteiger partial charge < -0.3 is 10.1 Å². The van der Waals surface area contributed by atoms with Crippen molar-refractivity contribution in [3.63, 3.8) is 0 Å². The number of hydrogen-bond acceptors (Lipinski definition) is 4. The van der Waals surface area contributed by atoms with Crippen LogP contribution in [-0.2, 0) is 11.2 Å². The van der Waals surface area contributed by atoms with Crippen LogP contribution in [0.5, 0.6) is 0 Å². The average molecular weight is 405 g/mol. The lowest BCUT2D eigenvalue weighted by molar-refractivity contribution is -0.109. The fourth-order valence-corrected chi connectivity index (χ4v) is 4.11. The number of aldehydes is 1. The van der Waals surface area contributed by atoms with Crippen LogP contribution in [0.4, 0.5) is 13.6 Å². The Morgan fingerprint density at radius 1 is 1.21 bits per heavy atom. The van der Waals surface area contributed by atoms with E-state index in [0.29, 0.717) is 11.8 Å². The Bertz CT molecular complexity index is 802. The lowest BCUT2D eigenvalue weighted by Gasteiger charge is -2.23. The number of urea groups is 1. The predicted molar refractivity (Wildman–Crippen MR) is 104 cm³/mol. The molecule has 0 radical (unpaired) electrons. The average Bonchev–Trinajstić information content (AvgIpc) is 3.14. The fourth-order valence-electron chi connectivity index (χ4n) is 3.27. The number of amides is 2. The van der Waals surface area contributed by atoms with Gasteiger partial charge in [0.25, 0.3) is 0 Å². The van der Waals surface area contributed by atoms with Gasteiger partial charge >= 0.3 is 6.03 Å². The number of nitrogens with one attached hydrogen (secondary N) is 2. The summed E-state index contributed by atoms with van der Waals surface area (Å²) >= 11 is 1.19. The van der Waals surface area contributed by atoms with E-state index in [1.54, 1.807) is 0 Å². The Hall–Kier alpha value is -2.45. The SMILES string of the molecule is O=CC(Cc1cc(F)cc(F)c1)NC(=O)NSN1CCCC1c1ccccc1. The summed E-state index contributed by atoms with van der Waals surface area (Å²) < 4.78 is 31.3. The van der Waals surface area contributed by atoms with E-state index in [4.69, 9.17) is 0 Å². The number of carbonyl (C=O) groups excluding carboxylic acids is 2. The van der Waals surface area contributed by atoms with Gasteiger partial charge in [0.05, 0.1) is 6.04 Å². The van der Waals surface area contributed by atoms with E-state index in [2.05, 4.69) is 26.5 Å². The van der Waals surface area contributed by atoms with Crippen molar-refractivity contribution in [2.45, 2.75) is 31.3 Å². The lowest BCUT2D eigenvalue weighted by Crippen LogP contribution is -2.42. The van der Waals surface area contributed by atoms with Crippen LogP contribution in [0.15, 0.2) is 48.5 Å². The summed E-state index contributed by atoms with van der Waals surface area (Å²) in [5, 5.41) is 2.52. The summed E-state index contributed by atoms with van der Waals surface area (Å²) in [6, 6.07) is 11.9. The van der Waals surface area contributed by atoms with Gasteiger partial charge in [-0.3, -0.25) is 4.72 Å². The maximum absolute atomic E-state index is 13.3. The molecule has 1 saturated heterocycles. The van der Waals surface area contributed by atoms with Gasteiger partial charge in [-0.25, -0.2) is 17.9 Å². The normalized spacial score (nSPS) is 17.9. The molecule has 2 aromatic carbocycles. The van der Waals surface area contributed by atoms with Crippen LogP contribution in [0.1, 0.15) is 30.0 Å².